The Morgan fingerprint density at radius 1 is 1.12 bits per heavy atom. The van der Waals surface area contributed by atoms with Crippen LogP contribution in [0.1, 0.15) is 56.7 Å². The quantitative estimate of drug-likeness (QED) is 0.569. The summed E-state index contributed by atoms with van der Waals surface area (Å²) in [6, 6.07) is 7.91. The number of aromatic nitrogens is 1. The lowest BCUT2D eigenvalue weighted by Crippen LogP contribution is -2.58. The Balaban J connectivity index is 1.08. The molecule has 2 amide bonds. The van der Waals surface area contributed by atoms with Gasteiger partial charge in [0.25, 0.3) is 0 Å². The Labute approximate surface area is 238 Å². The summed E-state index contributed by atoms with van der Waals surface area (Å²) >= 11 is 0. The highest BCUT2D eigenvalue weighted by atomic mass is 16.6. The van der Waals surface area contributed by atoms with Crippen LogP contribution < -0.4 is 4.74 Å². The van der Waals surface area contributed by atoms with Gasteiger partial charge in [0, 0.05) is 36.0 Å². The van der Waals surface area contributed by atoms with Crippen LogP contribution >= 0.6 is 0 Å². The largest absolute Gasteiger partial charge is 0.463 e. The van der Waals surface area contributed by atoms with Crippen LogP contribution in [-0.2, 0) is 20.9 Å². The standard InChI is InChI=1S/C31H36N4O6/c1-2-31(39)24-16-26-27-20(17-35(26)28(36)23(24)18-40-29(31)37)14-19-15-22(6-7-25(19)32-27)41-30(38)34-12-8-21(9-13-34)33-10-4-3-5-11-33/h6-7,14-16,21,23-24,39H,2-5,8-13,17-18H2,1H3/t23?,24?,31-/m0/s1. The number of nitrogens with zero attached hydrogens (tertiary/aromatic N) is 4. The molecular weight excluding hydrogens is 524 g/mol. The summed E-state index contributed by atoms with van der Waals surface area (Å²) in [4.78, 5) is 49.7. The van der Waals surface area contributed by atoms with Crippen LogP contribution in [0.15, 0.2) is 30.3 Å². The third-order valence-electron chi connectivity index (χ3n) is 9.75. The Bertz CT molecular complexity index is 1440. The fourth-order valence-electron chi connectivity index (χ4n) is 7.31. The number of rotatable bonds is 3. The van der Waals surface area contributed by atoms with Gasteiger partial charge in [0.1, 0.15) is 12.4 Å². The van der Waals surface area contributed by atoms with Gasteiger partial charge < -0.3 is 29.3 Å². The Morgan fingerprint density at radius 2 is 1.90 bits per heavy atom. The molecular formula is C31H36N4O6. The third kappa shape index (κ3) is 4.39. The van der Waals surface area contributed by atoms with E-state index in [2.05, 4.69) is 4.90 Å². The molecule has 1 aromatic heterocycles. The van der Waals surface area contributed by atoms with Crippen molar-refractivity contribution in [3.8, 4) is 5.75 Å². The van der Waals surface area contributed by atoms with E-state index >= 15 is 0 Å². The minimum atomic E-state index is -1.74. The van der Waals surface area contributed by atoms with Gasteiger partial charge in [-0.25, -0.2) is 14.6 Å². The van der Waals surface area contributed by atoms with Gasteiger partial charge in [-0.3, -0.25) is 4.79 Å². The van der Waals surface area contributed by atoms with Crippen molar-refractivity contribution in [1.29, 1.82) is 0 Å². The molecule has 5 aliphatic heterocycles. The van der Waals surface area contributed by atoms with Crippen LogP contribution in [0.2, 0.25) is 0 Å². The molecule has 0 aliphatic carbocycles. The van der Waals surface area contributed by atoms with Gasteiger partial charge in [-0.15, -0.1) is 0 Å². The molecule has 10 nitrogen and oxygen atoms in total. The number of carbonyl (C=O) groups excluding carboxylic acids is 3. The molecule has 6 heterocycles. The zero-order valence-corrected chi connectivity index (χ0v) is 23.4. The first-order valence-electron chi connectivity index (χ1n) is 14.9. The van der Waals surface area contributed by atoms with Gasteiger partial charge in [0.2, 0.25) is 5.91 Å². The number of amides is 2. The Kier molecular flexibility index (Phi) is 6.50. The number of hydrogen-bond donors (Lipinski definition) is 1. The molecule has 0 bridgehead atoms. The van der Waals surface area contributed by atoms with E-state index in [-0.39, 0.29) is 25.0 Å². The average Bonchev–Trinajstić information content (AvgIpc) is 3.36. The molecule has 1 N–H and O–H groups in total. The second-order valence-corrected chi connectivity index (χ2v) is 12.0. The Hall–Kier alpha value is -3.50. The zero-order valence-electron chi connectivity index (χ0n) is 23.4. The minimum Gasteiger partial charge on any atom is -0.463 e. The average molecular weight is 561 g/mol. The first-order chi connectivity index (χ1) is 19.9. The molecule has 2 aromatic rings. The number of aliphatic hydroxyl groups is 1. The number of benzene rings is 1. The van der Waals surface area contributed by atoms with Crippen LogP contribution in [-0.4, -0.2) is 87.2 Å². The molecule has 3 atom stereocenters. The van der Waals surface area contributed by atoms with E-state index in [0.29, 0.717) is 48.3 Å². The summed E-state index contributed by atoms with van der Waals surface area (Å²) < 4.78 is 11.0. The molecule has 1 aromatic carbocycles. The molecule has 216 valence electrons. The normalized spacial score (nSPS) is 28.6. The third-order valence-corrected chi connectivity index (χ3v) is 9.75. The highest BCUT2D eigenvalue weighted by molar-refractivity contribution is 5.97. The van der Waals surface area contributed by atoms with Crippen LogP contribution in [0, 0.1) is 11.8 Å². The van der Waals surface area contributed by atoms with Gasteiger partial charge in [-0.05, 0) is 69.5 Å². The number of ether oxygens (including phenoxy) is 2. The van der Waals surface area contributed by atoms with Gasteiger partial charge in [0.15, 0.2) is 5.60 Å². The van der Waals surface area contributed by atoms with Crippen LogP contribution in [0.25, 0.3) is 16.6 Å². The first-order valence-corrected chi connectivity index (χ1v) is 14.9. The maximum atomic E-state index is 13.4. The summed E-state index contributed by atoms with van der Waals surface area (Å²) in [5.41, 5.74) is 1.13. The number of piperidine rings is 2. The highest BCUT2D eigenvalue weighted by Crippen LogP contribution is 2.46. The molecule has 0 saturated carbocycles. The molecule has 7 rings (SSSR count). The SMILES string of the molecule is CC[C@@]1(O)C(=O)OCC2C(=O)N3Cc4cc5cc(OC(=O)N6CCC(N7CCCCC7)CC6)ccc5nc4C3=CC21. The minimum absolute atomic E-state index is 0.0403. The lowest BCUT2D eigenvalue weighted by molar-refractivity contribution is -0.190. The van der Waals surface area contributed by atoms with Crippen molar-refractivity contribution in [1.82, 2.24) is 19.7 Å². The molecule has 3 fully saturated rings. The summed E-state index contributed by atoms with van der Waals surface area (Å²) in [5, 5.41) is 11.9. The summed E-state index contributed by atoms with van der Waals surface area (Å²) in [6.07, 6.45) is 7.47. The van der Waals surface area contributed by atoms with E-state index in [1.807, 2.05) is 24.3 Å². The fraction of sp³-hybridized carbons (Fsp3) is 0.548. The molecule has 0 spiro atoms. The second kappa shape index (κ2) is 10.1. The fourth-order valence-corrected chi connectivity index (χ4v) is 7.31. The molecule has 2 unspecified atom stereocenters. The maximum absolute atomic E-state index is 13.4. The molecule has 10 heteroatoms. The van der Waals surface area contributed by atoms with Gasteiger partial charge in [-0.1, -0.05) is 19.4 Å². The number of cyclic esters (lactones) is 1. The topological polar surface area (TPSA) is 113 Å². The van der Waals surface area contributed by atoms with Crippen LogP contribution in [0.5, 0.6) is 5.75 Å². The first kappa shape index (κ1) is 26.4. The predicted octanol–water partition coefficient (Wildman–Crippen LogP) is 3.31. The van der Waals surface area contributed by atoms with Gasteiger partial charge >= 0.3 is 12.1 Å². The lowest BCUT2D eigenvalue weighted by atomic mass is 9.72. The summed E-state index contributed by atoms with van der Waals surface area (Å²) in [7, 11) is 0. The van der Waals surface area contributed by atoms with Crippen molar-refractivity contribution >= 4 is 34.6 Å². The van der Waals surface area contributed by atoms with Gasteiger partial charge in [0.05, 0.1) is 29.4 Å². The van der Waals surface area contributed by atoms with Gasteiger partial charge in [-0.2, -0.15) is 0 Å². The maximum Gasteiger partial charge on any atom is 0.415 e. The van der Waals surface area contributed by atoms with Crippen molar-refractivity contribution in [2.75, 3.05) is 32.8 Å². The van der Waals surface area contributed by atoms with Crippen molar-refractivity contribution in [2.24, 2.45) is 11.8 Å². The number of pyridine rings is 1. The second-order valence-electron chi connectivity index (χ2n) is 12.0. The van der Waals surface area contributed by atoms with Crippen molar-refractivity contribution in [3.63, 3.8) is 0 Å². The van der Waals surface area contributed by atoms with Crippen molar-refractivity contribution < 1.29 is 29.0 Å². The smallest absolute Gasteiger partial charge is 0.415 e. The number of carbonyl (C=O) groups is 3. The Morgan fingerprint density at radius 3 is 2.66 bits per heavy atom. The zero-order chi connectivity index (χ0) is 28.3. The van der Waals surface area contributed by atoms with E-state index in [0.717, 1.165) is 23.8 Å². The van der Waals surface area contributed by atoms with Crippen LogP contribution in [0.3, 0.4) is 0 Å². The number of hydrogen-bond acceptors (Lipinski definition) is 8. The molecule has 0 radical (unpaired) electrons. The molecule has 5 aliphatic rings. The molecule has 3 saturated heterocycles. The number of esters is 1. The summed E-state index contributed by atoms with van der Waals surface area (Å²) in [6.45, 7) is 5.77. The van der Waals surface area contributed by atoms with E-state index in [9.17, 15) is 19.5 Å². The highest BCUT2D eigenvalue weighted by Gasteiger charge is 2.56. The van der Waals surface area contributed by atoms with E-state index < -0.39 is 23.4 Å². The summed E-state index contributed by atoms with van der Waals surface area (Å²) in [5.74, 6) is -1.68. The molecule has 41 heavy (non-hydrogen) atoms. The van der Waals surface area contributed by atoms with E-state index in [1.54, 1.807) is 22.8 Å². The van der Waals surface area contributed by atoms with Crippen molar-refractivity contribution in [3.05, 3.63) is 41.6 Å². The number of fused-ring (bicyclic) bond motifs is 5. The van der Waals surface area contributed by atoms with Crippen LogP contribution in [0.4, 0.5) is 4.79 Å². The predicted molar refractivity (Wildman–Crippen MR) is 149 cm³/mol. The van der Waals surface area contributed by atoms with Crippen molar-refractivity contribution in [2.45, 2.75) is 63.6 Å². The van der Waals surface area contributed by atoms with E-state index in [1.165, 1.54) is 32.4 Å². The lowest BCUT2D eigenvalue weighted by Gasteiger charge is -2.44. The monoisotopic (exact) mass is 560 g/mol. The number of likely N-dealkylation sites (tertiary alicyclic amines) is 2. The van der Waals surface area contributed by atoms with E-state index in [4.69, 9.17) is 14.5 Å².